The zero-order chi connectivity index (χ0) is 14.6. The molecule has 0 bridgehead atoms. The summed E-state index contributed by atoms with van der Waals surface area (Å²) in [5.41, 5.74) is 2.39. The smallest absolute Gasteiger partial charge is 0.268 e. The van der Waals surface area contributed by atoms with E-state index in [0.29, 0.717) is 20.5 Å². The number of hydrogen-bond donors (Lipinski definition) is 1. The van der Waals surface area contributed by atoms with Gasteiger partial charge in [0.15, 0.2) is 0 Å². The first kappa shape index (κ1) is 16.1. The van der Waals surface area contributed by atoms with Crippen molar-refractivity contribution in [2.45, 2.75) is 52.4 Å². The zero-order valence-electron chi connectivity index (χ0n) is 11.8. The lowest BCUT2D eigenvalue weighted by atomic mass is 9.90. The molecule has 3 nitrogen and oxygen atoms in total. The van der Waals surface area contributed by atoms with E-state index in [9.17, 15) is 4.79 Å². The Morgan fingerprint density at radius 3 is 2.32 bits per heavy atom. The minimum Gasteiger partial charge on any atom is -0.268 e. The van der Waals surface area contributed by atoms with E-state index in [1.165, 1.54) is 10.9 Å². The van der Waals surface area contributed by atoms with E-state index in [-0.39, 0.29) is 11.8 Å². The molecule has 1 heterocycles. The Morgan fingerprint density at radius 1 is 1.32 bits per heavy atom. The molecular formula is C14H20ClN2OP. The quantitative estimate of drug-likeness (QED) is 0.824. The first-order valence-electron chi connectivity index (χ1n) is 6.46. The molecular weight excluding hydrogens is 279 g/mol. The molecule has 0 aromatic carbocycles. The van der Waals surface area contributed by atoms with Crippen LogP contribution in [-0.2, 0) is 6.42 Å². The number of carbonyl (C=O) groups excluding carboxylic acids is 1. The van der Waals surface area contributed by atoms with Crippen molar-refractivity contribution in [3.8, 4) is 6.07 Å². The summed E-state index contributed by atoms with van der Waals surface area (Å²) in [5, 5.41) is 10.8. The van der Waals surface area contributed by atoms with E-state index in [1.807, 2.05) is 0 Å². The second-order valence-electron chi connectivity index (χ2n) is 5.20. The van der Waals surface area contributed by atoms with Gasteiger partial charge in [0.05, 0.1) is 11.4 Å². The molecule has 0 spiro atoms. The molecule has 0 radical (unpaired) electrons. The van der Waals surface area contributed by atoms with E-state index < -0.39 is 0 Å². The highest BCUT2D eigenvalue weighted by molar-refractivity contribution is 7.33. The summed E-state index contributed by atoms with van der Waals surface area (Å²) in [6.45, 7) is 8.46. The maximum Gasteiger partial charge on any atom is 0.269 e. The maximum atomic E-state index is 11.9. The normalized spacial score (nSPS) is 11.3. The Balaban J connectivity index is 3.40. The highest BCUT2D eigenvalue weighted by Gasteiger charge is 2.24. The number of amides is 1. The van der Waals surface area contributed by atoms with Crippen LogP contribution < -0.4 is 4.84 Å². The number of halogens is 1. The molecule has 1 aromatic rings. The van der Waals surface area contributed by atoms with Gasteiger partial charge in [-0.15, -0.1) is 8.19 Å². The minimum atomic E-state index is -0.200. The van der Waals surface area contributed by atoms with Crippen LogP contribution in [0.25, 0.3) is 0 Å². The average Bonchev–Trinajstić information content (AvgIpc) is 2.74. The van der Waals surface area contributed by atoms with Crippen molar-refractivity contribution in [2.75, 3.05) is 0 Å². The third-order valence-corrected chi connectivity index (χ3v) is 4.85. The van der Waals surface area contributed by atoms with Gasteiger partial charge in [-0.1, -0.05) is 27.7 Å². The Morgan fingerprint density at radius 2 is 1.89 bits per heavy atom. The molecule has 0 fully saturated rings. The number of aryl methyl sites for hydroxylation is 1. The molecule has 1 rings (SSSR count). The van der Waals surface area contributed by atoms with Crippen LogP contribution in [-0.4, -0.2) is 5.91 Å². The summed E-state index contributed by atoms with van der Waals surface area (Å²) >= 11 is 5.48. The lowest BCUT2D eigenvalue weighted by Crippen LogP contribution is -2.13. The van der Waals surface area contributed by atoms with E-state index in [1.54, 1.807) is 0 Å². The summed E-state index contributed by atoms with van der Waals surface area (Å²) in [4.78, 5) is 14.1. The third kappa shape index (κ3) is 3.53. The summed E-state index contributed by atoms with van der Waals surface area (Å²) < 4.78 is 0. The molecule has 1 amide bonds. The SMILES string of the molecule is CC(C)c1c(CCC#N)[pH]c(C(=O)NCl)c1C(C)C. The van der Waals surface area contributed by atoms with Gasteiger partial charge in [-0.3, -0.25) is 9.63 Å². The van der Waals surface area contributed by atoms with Crippen LogP contribution in [0.4, 0.5) is 0 Å². The number of nitriles is 1. The van der Waals surface area contributed by atoms with Crippen LogP contribution >= 0.6 is 20.0 Å². The largest absolute Gasteiger partial charge is 0.269 e. The lowest BCUT2D eigenvalue weighted by Gasteiger charge is -2.15. The van der Waals surface area contributed by atoms with Crippen LogP contribution in [0.5, 0.6) is 0 Å². The van der Waals surface area contributed by atoms with Crippen LogP contribution in [0, 0.1) is 11.3 Å². The highest BCUT2D eigenvalue weighted by Crippen LogP contribution is 2.41. The number of hydrogen-bond acceptors (Lipinski definition) is 2. The van der Waals surface area contributed by atoms with Gasteiger partial charge in [0.2, 0.25) is 0 Å². The summed E-state index contributed by atoms with van der Waals surface area (Å²) in [7, 11) is 0.346. The van der Waals surface area contributed by atoms with E-state index in [0.717, 1.165) is 17.3 Å². The monoisotopic (exact) mass is 298 g/mol. The Bertz CT molecular complexity index is 500. The zero-order valence-corrected chi connectivity index (χ0v) is 13.6. The molecule has 0 aliphatic heterocycles. The summed E-state index contributed by atoms with van der Waals surface area (Å²) in [5.74, 6) is 0.446. The highest BCUT2D eigenvalue weighted by atomic mass is 35.5. The van der Waals surface area contributed by atoms with Crippen molar-refractivity contribution in [3.63, 3.8) is 0 Å². The number of rotatable bonds is 5. The predicted molar refractivity (Wildman–Crippen MR) is 81.4 cm³/mol. The number of carbonyl (C=O) groups is 1. The fourth-order valence-corrected chi connectivity index (χ4v) is 4.46. The number of nitrogens with one attached hydrogen (secondary N) is 1. The standard InChI is InChI=1S/C14H20ClN2OP/c1-8(2)11-10(6-5-7-16)19-13(14(18)17-15)12(11)9(3)4/h8-9,19H,5-6H2,1-4H3,(H,17,18). The summed E-state index contributed by atoms with van der Waals surface area (Å²) in [6.07, 6.45) is 1.25. The Labute approximate surface area is 121 Å². The molecule has 0 saturated carbocycles. The van der Waals surface area contributed by atoms with Crippen molar-refractivity contribution in [3.05, 3.63) is 21.7 Å². The van der Waals surface area contributed by atoms with Crippen LogP contribution in [0.3, 0.4) is 0 Å². The molecule has 0 aliphatic carbocycles. The molecule has 1 unspecified atom stereocenters. The second kappa shape index (κ2) is 6.98. The maximum absolute atomic E-state index is 11.9. The van der Waals surface area contributed by atoms with Crippen LogP contribution in [0.2, 0.25) is 0 Å². The van der Waals surface area contributed by atoms with Crippen molar-refractivity contribution in [2.24, 2.45) is 0 Å². The molecule has 1 N–H and O–H groups in total. The minimum absolute atomic E-state index is 0.200. The van der Waals surface area contributed by atoms with Gasteiger partial charge in [-0.2, -0.15) is 5.26 Å². The topological polar surface area (TPSA) is 52.9 Å². The van der Waals surface area contributed by atoms with E-state index in [2.05, 4.69) is 38.6 Å². The molecule has 0 aliphatic rings. The van der Waals surface area contributed by atoms with Crippen molar-refractivity contribution < 1.29 is 4.79 Å². The van der Waals surface area contributed by atoms with Gasteiger partial charge in [0.25, 0.3) is 5.91 Å². The molecule has 19 heavy (non-hydrogen) atoms. The van der Waals surface area contributed by atoms with Gasteiger partial charge >= 0.3 is 0 Å². The lowest BCUT2D eigenvalue weighted by molar-refractivity contribution is 0.0984. The van der Waals surface area contributed by atoms with E-state index >= 15 is 0 Å². The predicted octanol–water partition coefficient (Wildman–Crippen LogP) is 4.30. The number of nitrogens with zero attached hydrogens (tertiary/aromatic N) is 1. The fraction of sp³-hybridized carbons (Fsp3) is 0.571. The molecule has 0 saturated heterocycles. The fourth-order valence-electron chi connectivity index (χ4n) is 2.45. The average molecular weight is 299 g/mol. The van der Waals surface area contributed by atoms with Crippen molar-refractivity contribution in [1.82, 2.24) is 4.84 Å². The van der Waals surface area contributed by atoms with Gasteiger partial charge in [0.1, 0.15) is 0 Å². The van der Waals surface area contributed by atoms with Crippen LogP contribution in [0.15, 0.2) is 0 Å². The van der Waals surface area contributed by atoms with Gasteiger partial charge in [-0.05, 0) is 34.7 Å². The van der Waals surface area contributed by atoms with Gasteiger partial charge in [-0.25, -0.2) is 0 Å². The van der Waals surface area contributed by atoms with Crippen LogP contribution in [0.1, 0.15) is 72.5 Å². The molecule has 1 atom stereocenters. The molecule has 5 heteroatoms. The summed E-state index contributed by atoms with van der Waals surface area (Å²) in [6, 6.07) is 2.18. The second-order valence-corrected chi connectivity index (χ2v) is 6.74. The van der Waals surface area contributed by atoms with Gasteiger partial charge in [0, 0.05) is 18.2 Å². The first-order chi connectivity index (χ1) is 8.93. The van der Waals surface area contributed by atoms with Crippen molar-refractivity contribution >= 4 is 25.9 Å². The van der Waals surface area contributed by atoms with Gasteiger partial charge < -0.3 is 0 Å². The van der Waals surface area contributed by atoms with E-state index in [4.69, 9.17) is 17.0 Å². The first-order valence-corrected chi connectivity index (χ1v) is 7.84. The Kier molecular flexibility index (Phi) is 5.91. The Hall–Kier alpha value is -0.970. The molecule has 1 aromatic heterocycles. The molecule has 104 valence electrons. The van der Waals surface area contributed by atoms with Crippen molar-refractivity contribution in [1.29, 1.82) is 5.26 Å². The third-order valence-electron chi connectivity index (χ3n) is 3.11.